The monoisotopic (exact) mass is 420 g/mol. The van der Waals surface area contributed by atoms with E-state index in [1.165, 1.54) is 35.0 Å². The number of carbonyl (C=O) groups is 1. The van der Waals surface area contributed by atoms with Gasteiger partial charge in [0.1, 0.15) is 11.4 Å². The molecule has 156 valence electrons. The van der Waals surface area contributed by atoms with Crippen LogP contribution < -0.4 is 21.3 Å². The number of rotatable bonds is 5. The molecule has 1 aromatic carbocycles. The first-order chi connectivity index (χ1) is 14.2. The Kier molecular flexibility index (Phi) is 4.80. The number of carbonyl (C=O) groups excluding carboxylic acids is 1. The van der Waals surface area contributed by atoms with Gasteiger partial charge in [0, 0.05) is 24.3 Å². The molecule has 1 aliphatic carbocycles. The summed E-state index contributed by atoms with van der Waals surface area (Å²) in [4.78, 5) is 43.0. The van der Waals surface area contributed by atoms with Gasteiger partial charge in [0.25, 0.3) is 11.5 Å². The van der Waals surface area contributed by atoms with Crippen molar-refractivity contribution in [3.05, 3.63) is 68.5 Å². The van der Waals surface area contributed by atoms with E-state index in [0.717, 1.165) is 18.9 Å². The minimum atomic E-state index is -4.86. The second-order valence-electron chi connectivity index (χ2n) is 6.79. The van der Waals surface area contributed by atoms with Crippen LogP contribution in [-0.4, -0.2) is 26.8 Å². The molecule has 0 unspecified atom stereocenters. The second-order valence-corrected chi connectivity index (χ2v) is 6.79. The molecule has 0 radical (unpaired) electrons. The maximum Gasteiger partial charge on any atom is 0.573 e. The third-order valence-electron chi connectivity index (χ3n) is 4.59. The topological polar surface area (TPSA) is 106 Å². The van der Waals surface area contributed by atoms with Crippen LogP contribution in [-0.2, 0) is 6.54 Å². The molecule has 3 aromatic rings. The molecule has 1 saturated carbocycles. The summed E-state index contributed by atoms with van der Waals surface area (Å²) in [5, 5.41) is 2.56. The normalized spacial score (nSPS) is 14.0. The van der Waals surface area contributed by atoms with Gasteiger partial charge in [0.15, 0.2) is 0 Å². The van der Waals surface area contributed by atoms with Gasteiger partial charge in [-0.3, -0.25) is 19.1 Å². The van der Waals surface area contributed by atoms with Crippen molar-refractivity contribution in [3.63, 3.8) is 0 Å². The summed E-state index contributed by atoms with van der Waals surface area (Å²) in [5.41, 5.74) is -0.883. The molecule has 11 heteroatoms. The number of benzene rings is 1. The molecule has 0 spiro atoms. The molecule has 2 aromatic heterocycles. The largest absolute Gasteiger partial charge is 0.573 e. The summed E-state index contributed by atoms with van der Waals surface area (Å²) in [6.07, 6.45) is -2.05. The number of nitrogens with one attached hydrogen (secondary N) is 2. The van der Waals surface area contributed by atoms with Crippen LogP contribution >= 0.6 is 0 Å². The highest BCUT2D eigenvalue weighted by molar-refractivity contribution is 5.96. The molecule has 1 aliphatic rings. The van der Waals surface area contributed by atoms with Gasteiger partial charge < -0.3 is 10.1 Å². The Morgan fingerprint density at radius 1 is 1.27 bits per heavy atom. The van der Waals surface area contributed by atoms with Gasteiger partial charge in [-0.05, 0) is 25.0 Å². The van der Waals surface area contributed by atoms with Crippen molar-refractivity contribution >= 4 is 16.9 Å². The number of aromatic nitrogens is 3. The number of hydrogen-bond donors (Lipinski definition) is 2. The molecule has 2 N–H and O–H groups in total. The Morgan fingerprint density at radius 3 is 2.70 bits per heavy atom. The Bertz CT molecular complexity index is 1240. The van der Waals surface area contributed by atoms with Crippen molar-refractivity contribution < 1.29 is 22.7 Å². The van der Waals surface area contributed by atoms with E-state index >= 15 is 0 Å². The standard InChI is InChI=1S/C19H15F3N4O4/c20-19(21,22)30-14-4-2-1-3-10(14)8-24-16(27)11-7-13-15(23-9-11)26(12-5-6-12)18(29)25-17(13)28/h1-4,7,9,12H,5-6,8H2,(H,24,27)(H,25,28,29). The number of alkyl halides is 3. The lowest BCUT2D eigenvalue weighted by atomic mass is 10.2. The van der Waals surface area contributed by atoms with Gasteiger partial charge in [-0.2, -0.15) is 0 Å². The summed E-state index contributed by atoms with van der Waals surface area (Å²) in [7, 11) is 0. The molecule has 1 amide bonds. The van der Waals surface area contributed by atoms with Crippen molar-refractivity contribution in [2.24, 2.45) is 0 Å². The van der Waals surface area contributed by atoms with Crippen molar-refractivity contribution in [2.45, 2.75) is 31.8 Å². The maximum absolute atomic E-state index is 12.5. The smallest absolute Gasteiger partial charge is 0.405 e. The number of nitrogens with zero attached hydrogens (tertiary/aromatic N) is 2. The fraction of sp³-hybridized carbons (Fsp3) is 0.263. The van der Waals surface area contributed by atoms with Gasteiger partial charge in [0.2, 0.25) is 0 Å². The SMILES string of the molecule is O=C(NCc1ccccc1OC(F)(F)F)c1cnc2c(c1)c(=O)[nH]c(=O)n2C1CC1. The number of fused-ring (bicyclic) bond motifs is 1. The molecule has 1 fully saturated rings. The fourth-order valence-corrected chi connectivity index (χ4v) is 3.08. The molecule has 0 saturated heterocycles. The predicted molar refractivity (Wildman–Crippen MR) is 99.2 cm³/mol. The Labute approximate surface area is 166 Å². The minimum Gasteiger partial charge on any atom is -0.405 e. The van der Waals surface area contributed by atoms with E-state index in [-0.39, 0.29) is 34.7 Å². The lowest BCUT2D eigenvalue weighted by Crippen LogP contribution is -2.31. The zero-order valence-corrected chi connectivity index (χ0v) is 15.3. The number of para-hydroxylation sites is 1. The Balaban J connectivity index is 1.58. The number of hydrogen-bond acceptors (Lipinski definition) is 5. The first-order valence-corrected chi connectivity index (χ1v) is 8.99. The van der Waals surface area contributed by atoms with Crippen LogP contribution in [0.4, 0.5) is 13.2 Å². The molecule has 0 bridgehead atoms. The summed E-state index contributed by atoms with van der Waals surface area (Å²) in [6, 6.07) is 6.69. The lowest BCUT2D eigenvalue weighted by molar-refractivity contribution is -0.274. The summed E-state index contributed by atoms with van der Waals surface area (Å²) >= 11 is 0. The predicted octanol–water partition coefficient (Wildman–Crippen LogP) is 2.25. The minimum absolute atomic E-state index is 0.0308. The number of aromatic amines is 1. The zero-order valence-electron chi connectivity index (χ0n) is 15.3. The summed E-state index contributed by atoms with van der Waals surface area (Å²) in [6.45, 7) is -0.235. The first-order valence-electron chi connectivity index (χ1n) is 8.99. The summed E-state index contributed by atoms with van der Waals surface area (Å²) in [5.74, 6) is -1.07. The van der Waals surface area contributed by atoms with Crippen LogP contribution in [0, 0.1) is 0 Å². The molecule has 0 atom stereocenters. The lowest BCUT2D eigenvalue weighted by Gasteiger charge is -2.13. The van der Waals surface area contributed by atoms with Crippen LogP contribution in [0.5, 0.6) is 5.75 Å². The average molecular weight is 420 g/mol. The van der Waals surface area contributed by atoms with E-state index < -0.39 is 29.3 Å². The van der Waals surface area contributed by atoms with Crippen molar-refractivity contribution in [1.29, 1.82) is 0 Å². The van der Waals surface area contributed by atoms with Crippen molar-refractivity contribution in [2.75, 3.05) is 0 Å². The number of amides is 1. The quantitative estimate of drug-likeness (QED) is 0.659. The third-order valence-corrected chi connectivity index (χ3v) is 4.59. The van der Waals surface area contributed by atoms with E-state index in [1.807, 2.05) is 0 Å². The van der Waals surface area contributed by atoms with Gasteiger partial charge in [0.05, 0.1) is 10.9 Å². The molecule has 30 heavy (non-hydrogen) atoms. The highest BCUT2D eigenvalue weighted by atomic mass is 19.4. The molecule has 4 rings (SSSR count). The number of ether oxygens (including phenoxy) is 1. The van der Waals surface area contributed by atoms with E-state index in [0.29, 0.717) is 0 Å². The molecular formula is C19H15F3N4O4. The van der Waals surface area contributed by atoms with E-state index in [9.17, 15) is 27.6 Å². The fourth-order valence-electron chi connectivity index (χ4n) is 3.08. The molecule has 0 aliphatic heterocycles. The van der Waals surface area contributed by atoms with Gasteiger partial charge in [-0.15, -0.1) is 13.2 Å². The van der Waals surface area contributed by atoms with Crippen LogP contribution in [0.3, 0.4) is 0 Å². The Morgan fingerprint density at radius 2 is 2.00 bits per heavy atom. The highest BCUT2D eigenvalue weighted by Gasteiger charge is 2.32. The number of pyridine rings is 1. The summed E-state index contributed by atoms with van der Waals surface area (Å²) < 4.78 is 42.9. The van der Waals surface area contributed by atoms with Crippen LogP contribution in [0.2, 0.25) is 0 Å². The van der Waals surface area contributed by atoms with E-state index in [2.05, 4.69) is 20.0 Å². The van der Waals surface area contributed by atoms with Crippen LogP contribution in [0.25, 0.3) is 11.0 Å². The third kappa shape index (κ3) is 4.04. The molecular weight excluding hydrogens is 405 g/mol. The average Bonchev–Trinajstić information content (AvgIpc) is 3.50. The van der Waals surface area contributed by atoms with Crippen molar-refractivity contribution in [1.82, 2.24) is 19.9 Å². The van der Waals surface area contributed by atoms with Gasteiger partial charge in [-0.25, -0.2) is 9.78 Å². The second kappa shape index (κ2) is 7.32. The van der Waals surface area contributed by atoms with Crippen LogP contribution in [0.1, 0.15) is 34.8 Å². The van der Waals surface area contributed by atoms with E-state index in [1.54, 1.807) is 0 Å². The zero-order chi connectivity index (χ0) is 21.5. The molecule has 2 heterocycles. The molecule has 8 nitrogen and oxygen atoms in total. The van der Waals surface area contributed by atoms with Gasteiger partial charge in [-0.1, -0.05) is 18.2 Å². The Hall–Kier alpha value is -3.63. The highest BCUT2D eigenvalue weighted by Crippen LogP contribution is 2.34. The number of halogens is 3. The van der Waals surface area contributed by atoms with Crippen molar-refractivity contribution in [3.8, 4) is 5.75 Å². The van der Waals surface area contributed by atoms with E-state index in [4.69, 9.17) is 0 Å². The van der Waals surface area contributed by atoms with Crippen LogP contribution in [0.15, 0.2) is 46.1 Å². The van der Waals surface area contributed by atoms with Gasteiger partial charge >= 0.3 is 12.1 Å². The first kappa shape index (κ1) is 19.7. The number of H-pyrrole nitrogens is 1. The maximum atomic E-state index is 12.5.